The number of hydrogen-bond donors (Lipinski definition) is 2. The zero-order valence-corrected chi connectivity index (χ0v) is 5.76. The van der Waals surface area contributed by atoms with E-state index in [1.54, 1.807) is 7.05 Å². The minimum atomic E-state index is -0.00597. The van der Waals surface area contributed by atoms with Gasteiger partial charge in [0.25, 0.3) is 0 Å². The van der Waals surface area contributed by atoms with Crippen LogP contribution in [0.2, 0.25) is 0 Å². The molecule has 1 atom stereocenters. The smallest absolute Gasteiger partial charge is 0.136 e. The van der Waals surface area contributed by atoms with E-state index in [-0.39, 0.29) is 6.04 Å². The maximum Gasteiger partial charge on any atom is 0.136 e. The molecule has 0 spiro atoms. The van der Waals surface area contributed by atoms with E-state index in [0.29, 0.717) is 6.54 Å². The molecule has 0 aromatic carbocycles. The highest BCUT2D eigenvalue weighted by Crippen LogP contribution is 1.90. The van der Waals surface area contributed by atoms with Crippen LogP contribution < -0.4 is 11.1 Å². The van der Waals surface area contributed by atoms with Crippen molar-refractivity contribution in [3.05, 3.63) is 0 Å². The molecule has 0 saturated heterocycles. The second-order valence-corrected chi connectivity index (χ2v) is 1.96. The van der Waals surface area contributed by atoms with Gasteiger partial charge in [0, 0.05) is 0 Å². The summed E-state index contributed by atoms with van der Waals surface area (Å²) in [5, 5.41) is 2.86. The Bertz CT molecular complexity index is 75.5. The highest BCUT2D eigenvalue weighted by atomic mass is 16.1. The van der Waals surface area contributed by atoms with Crippen molar-refractivity contribution in [2.24, 2.45) is 5.73 Å². The first-order valence-corrected chi connectivity index (χ1v) is 3.17. The van der Waals surface area contributed by atoms with E-state index >= 15 is 0 Å². The molecular formula is C6H14N2O. The number of likely N-dealkylation sites (N-methyl/N-ethyl adjacent to an activating group) is 1. The van der Waals surface area contributed by atoms with Crippen LogP contribution in [0.3, 0.4) is 0 Å². The fourth-order valence-corrected chi connectivity index (χ4v) is 0.618. The third-order valence-corrected chi connectivity index (χ3v) is 1.25. The molecular weight excluding hydrogens is 116 g/mol. The van der Waals surface area contributed by atoms with Crippen molar-refractivity contribution in [3.63, 3.8) is 0 Å². The van der Waals surface area contributed by atoms with Crippen LogP contribution in [-0.4, -0.2) is 25.9 Å². The van der Waals surface area contributed by atoms with Crippen LogP contribution in [0.1, 0.15) is 12.8 Å². The molecule has 0 amide bonds. The summed E-state index contributed by atoms with van der Waals surface area (Å²) in [6.07, 6.45) is 2.66. The molecule has 0 fully saturated rings. The summed E-state index contributed by atoms with van der Waals surface area (Å²) < 4.78 is 0. The third kappa shape index (κ3) is 4.12. The molecule has 0 saturated carbocycles. The molecule has 3 heteroatoms. The topological polar surface area (TPSA) is 55.1 Å². The van der Waals surface area contributed by atoms with Crippen molar-refractivity contribution >= 4 is 6.29 Å². The Hall–Kier alpha value is -0.410. The Balaban J connectivity index is 3.20. The molecule has 3 nitrogen and oxygen atoms in total. The van der Waals surface area contributed by atoms with Crippen molar-refractivity contribution in [2.75, 3.05) is 13.6 Å². The number of aldehydes is 1. The van der Waals surface area contributed by atoms with Crippen LogP contribution in [-0.2, 0) is 4.79 Å². The van der Waals surface area contributed by atoms with E-state index < -0.39 is 0 Å². The van der Waals surface area contributed by atoms with E-state index in [9.17, 15) is 4.79 Å². The van der Waals surface area contributed by atoms with Crippen molar-refractivity contribution in [1.29, 1.82) is 0 Å². The fraction of sp³-hybridized carbons (Fsp3) is 0.833. The van der Waals surface area contributed by atoms with Gasteiger partial charge in [0.05, 0.1) is 6.04 Å². The van der Waals surface area contributed by atoms with Gasteiger partial charge in [-0.2, -0.15) is 0 Å². The van der Waals surface area contributed by atoms with Crippen LogP contribution in [0.4, 0.5) is 0 Å². The van der Waals surface area contributed by atoms with Crippen molar-refractivity contribution < 1.29 is 4.79 Å². The Kier molecular flexibility index (Phi) is 5.46. The van der Waals surface area contributed by atoms with Crippen molar-refractivity contribution in [2.45, 2.75) is 18.9 Å². The summed E-state index contributed by atoms with van der Waals surface area (Å²) in [6, 6.07) is -0.00597. The number of nitrogens with two attached hydrogens (primary N) is 1. The molecule has 0 aliphatic rings. The van der Waals surface area contributed by atoms with Gasteiger partial charge in [-0.1, -0.05) is 0 Å². The fourth-order valence-electron chi connectivity index (χ4n) is 0.618. The Morgan fingerprint density at radius 3 is 2.78 bits per heavy atom. The first kappa shape index (κ1) is 8.59. The summed E-state index contributed by atoms with van der Waals surface area (Å²) >= 11 is 0. The predicted octanol–water partition coefficient (Wildman–Crippen LogP) is -0.488. The minimum absolute atomic E-state index is 0.00597. The highest BCUT2D eigenvalue weighted by molar-refractivity contribution is 5.57. The average molecular weight is 130 g/mol. The second-order valence-electron chi connectivity index (χ2n) is 1.96. The van der Waals surface area contributed by atoms with Crippen LogP contribution in [0, 0.1) is 0 Å². The van der Waals surface area contributed by atoms with Crippen molar-refractivity contribution in [3.8, 4) is 0 Å². The molecule has 3 N–H and O–H groups in total. The SMILES string of the molecule is CNC(C=O)CCCN. The monoisotopic (exact) mass is 130 g/mol. The molecule has 0 heterocycles. The van der Waals surface area contributed by atoms with Gasteiger partial charge in [-0.25, -0.2) is 0 Å². The van der Waals surface area contributed by atoms with Crippen LogP contribution in [0.15, 0.2) is 0 Å². The molecule has 9 heavy (non-hydrogen) atoms. The molecule has 0 aliphatic carbocycles. The predicted molar refractivity (Wildman–Crippen MR) is 37.2 cm³/mol. The van der Waals surface area contributed by atoms with E-state index in [1.165, 1.54) is 0 Å². The summed E-state index contributed by atoms with van der Waals surface area (Å²) in [4.78, 5) is 10.1. The Labute approximate surface area is 55.6 Å². The third-order valence-electron chi connectivity index (χ3n) is 1.25. The van der Waals surface area contributed by atoms with Gasteiger partial charge in [0.1, 0.15) is 6.29 Å². The number of nitrogens with one attached hydrogen (secondary N) is 1. The number of hydrogen-bond acceptors (Lipinski definition) is 3. The lowest BCUT2D eigenvalue weighted by Gasteiger charge is -2.05. The number of carbonyl (C=O) groups excluding carboxylic acids is 1. The van der Waals surface area contributed by atoms with Crippen LogP contribution in [0.25, 0.3) is 0 Å². The first-order chi connectivity index (χ1) is 4.35. The maximum atomic E-state index is 10.1. The van der Waals surface area contributed by atoms with E-state index in [0.717, 1.165) is 19.1 Å². The second kappa shape index (κ2) is 5.72. The molecule has 1 unspecified atom stereocenters. The zero-order chi connectivity index (χ0) is 7.11. The summed E-state index contributed by atoms with van der Waals surface area (Å²) in [5.41, 5.74) is 5.24. The molecule has 0 rings (SSSR count). The highest BCUT2D eigenvalue weighted by Gasteiger charge is 2.00. The molecule has 0 radical (unpaired) electrons. The Morgan fingerprint density at radius 1 is 1.78 bits per heavy atom. The van der Waals surface area contributed by atoms with Gasteiger partial charge in [-0.3, -0.25) is 0 Å². The minimum Gasteiger partial charge on any atom is -0.330 e. The lowest BCUT2D eigenvalue weighted by Crippen LogP contribution is -2.27. The van der Waals surface area contributed by atoms with Gasteiger partial charge in [-0.05, 0) is 26.4 Å². The molecule has 54 valence electrons. The summed E-state index contributed by atoms with van der Waals surface area (Å²) in [5.74, 6) is 0. The number of rotatable bonds is 5. The molecule has 0 aromatic rings. The average Bonchev–Trinajstić information content (AvgIpc) is 1.91. The lowest BCUT2D eigenvalue weighted by atomic mass is 10.2. The van der Waals surface area contributed by atoms with Gasteiger partial charge >= 0.3 is 0 Å². The van der Waals surface area contributed by atoms with Gasteiger partial charge in [-0.15, -0.1) is 0 Å². The van der Waals surface area contributed by atoms with Crippen molar-refractivity contribution in [1.82, 2.24) is 5.32 Å². The van der Waals surface area contributed by atoms with Gasteiger partial charge in [0.15, 0.2) is 0 Å². The molecule has 0 aromatic heterocycles. The summed E-state index contributed by atoms with van der Waals surface area (Å²) in [6.45, 7) is 0.659. The zero-order valence-electron chi connectivity index (χ0n) is 5.76. The summed E-state index contributed by atoms with van der Waals surface area (Å²) in [7, 11) is 1.77. The standard InChI is InChI=1S/C6H14N2O/c1-8-6(5-9)3-2-4-7/h5-6,8H,2-4,7H2,1H3. The normalized spacial score (nSPS) is 13.1. The molecule has 0 bridgehead atoms. The van der Waals surface area contributed by atoms with Crippen LogP contribution in [0.5, 0.6) is 0 Å². The van der Waals surface area contributed by atoms with E-state index in [2.05, 4.69) is 5.32 Å². The van der Waals surface area contributed by atoms with Gasteiger partial charge < -0.3 is 15.8 Å². The number of carbonyl (C=O) groups is 1. The van der Waals surface area contributed by atoms with E-state index in [4.69, 9.17) is 5.73 Å². The van der Waals surface area contributed by atoms with Crippen LogP contribution >= 0.6 is 0 Å². The maximum absolute atomic E-state index is 10.1. The largest absolute Gasteiger partial charge is 0.330 e. The first-order valence-electron chi connectivity index (χ1n) is 3.17. The lowest BCUT2D eigenvalue weighted by molar-refractivity contribution is -0.109. The van der Waals surface area contributed by atoms with E-state index in [1.807, 2.05) is 0 Å². The molecule has 0 aliphatic heterocycles. The Morgan fingerprint density at radius 2 is 2.44 bits per heavy atom. The quantitative estimate of drug-likeness (QED) is 0.494. The van der Waals surface area contributed by atoms with Gasteiger partial charge in [0.2, 0.25) is 0 Å².